The Morgan fingerprint density at radius 3 is 2.67 bits per heavy atom. The first-order valence-corrected chi connectivity index (χ1v) is 3.78. The van der Waals surface area contributed by atoms with Crippen LogP contribution in [0.3, 0.4) is 0 Å². The summed E-state index contributed by atoms with van der Waals surface area (Å²) in [5, 5.41) is 17.8. The zero-order chi connectivity index (χ0) is 9.14. The van der Waals surface area contributed by atoms with Crippen molar-refractivity contribution in [2.45, 2.75) is 25.7 Å². The predicted octanol–water partition coefficient (Wildman–Crippen LogP) is 0.153. The fourth-order valence-corrected chi connectivity index (χ4v) is 0.896. The van der Waals surface area contributed by atoms with Crippen molar-refractivity contribution in [2.24, 2.45) is 5.73 Å². The van der Waals surface area contributed by atoms with E-state index in [1.54, 1.807) is 19.1 Å². The molecule has 1 heterocycles. The van der Waals surface area contributed by atoms with Gasteiger partial charge in [0.2, 0.25) is 0 Å². The van der Waals surface area contributed by atoms with Crippen molar-refractivity contribution in [1.82, 2.24) is 0 Å². The summed E-state index contributed by atoms with van der Waals surface area (Å²) >= 11 is 0. The Labute approximate surface area is 70.6 Å². The first kappa shape index (κ1) is 9.25. The zero-order valence-electron chi connectivity index (χ0n) is 6.90. The number of aliphatic hydroxyl groups is 2. The highest BCUT2D eigenvalue weighted by Crippen LogP contribution is 2.17. The van der Waals surface area contributed by atoms with Crippen LogP contribution in [0.4, 0.5) is 0 Å². The molecule has 1 aromatic rings. The van der Waals surface area contributed by atoms with Gasteiger partial charge in [-0.1, -0.05) is 0 Å². The van der Waals surface area contributed by atoms with Crippen molar-refractivity contribution in [3.05, 3.63) is 23.7 Å². The third kappa shape index (κ3) is 1.85. The van der Waals surface area contributed by atoms with Crippen LogP contribution in [0.5, 0.6) is 0 Å². The van der Waals surface area contributed by atoms with Gasteiger partial charge < -0.3 is 20.4 Å². The quantitative estimate of drug-likeness (QED) is 0.605. The van der Waals surface area contributed by atoms with Crippen LogP contribution in [-0.2, 0) is 6.61 Å². The summed E-state index contributed by atoms with van der Waals surface area (Å²) in [6, 6.07) is 2.77. The van der Waals surface area contributed by atoms with Crippen LogP contribution >= 0.6 is 0 Å². The summed E-state index contributed by atoms with van der Waals surface area (Å²) in [6.45, 7) is 1.44. The van der Waals surface area contributed by atoms with Crippen LogP contribution in [0.2, 0.25) is 0 Å². The molecule has 0 radical (unpaired) electrons. The molecule has 4 heteroatoms. The number of furan rings is 1. The summed E-state index contributed by atoms with van der Waals surface area (Å²) in [7, 11) is 0. The van der Waals surface area contributed by atoms with E-state index >= 15 is 0 Å². The van der Waals surface area contributed by atoms with Crippen molar-refractivity contribution in [3.63, 3.8) is 0 Å². The van der Waals surface area contributed by atoms with Gasteiger partial charge in [-0.05, 0) is 19.1 Å². The Hall–Kier alpha value is -0.840. The second-order valence-corrected chi connectivity index (χ2v) is 2.73. The van der Waals surface area contributed by atoms with Crippen molar-refractivity contribution in [1.29, 1.82) is 0 Å². The first-order chi connectivity index (χ1) is 5.65. The van der Waals surface area contributed by atoms with Gasteiger partial charge in [-0.2, -0.15) is 0 Å². The Morgan fingerprint density at radius 1 is 1.58 bits per heavy atom. The minimum absolute atomic E-state index is 0.146. The molecule has 0 aliphatic rings. The molecular formula is C8H13NO3. The highest BCUT2D eigenvalue weighted by atomic mass is 16.4. The molecule has 0 bridgehead atoms. The van der Waals surface area contributed by atoms with Gasteiger partial charge in [0.1, 0.15) is 18.1 Å². The van der Waals surface area contributed by atoms with E-state index in [4.69, 9.17) is 20.4 Å². The molecule has 0 amide bonds. The van der Waals surface area contributed by atoms with Crippen LogP contribution in [0.25, 0.3) is 0 Å². The Kier molecular flexibility index (Phi) is 2.86. The van der Waals surface area contributed by atoms with E-state index in [0.29, 0.717) is 11.5 Å². The maximum Gasteiger partial charge on any atom is 0.129 e. The zero-order valence-corrected chi connectivity index (χ0v) is 6.90. The molecule has 0 unspecified atom stereocenters. The highest BCUT2D eigenvalue weighted by molar-refractivity contribution is 5.10. The second-order valence-electron chi connectivity index (χ2n) is 2.73. The van der Waals surface area contributed by atoms with Gasteiger partial charge in [-0.25, -0.2) is 0 Å². The Morgan fingerprint density at radius 2 is 2.25 bits per heavy atom. The van der Waals surface area contributed by atoms with Gasteiger partial charge in [0.25, 0.3) is 0 Å². The van der Waals surface area contributed by atoms with Gasteiger partial charge in [0.05, 0.1) is 12.1 Å². The van der Waals surface area contributed by atoms with Crippen molar-refractivity contribution >= 4 is 0 Å². The highest BCUT2D eigenvalue weighted by Gasteiger charge is 2.15. The van der Waals surface area contributed by atoms with E-state index in [1.165, 1.54) is 0 Å². The van der Waals surface area contributed by atoms with Crippen LogP contribution in [0.15, 0.2) is 16.5 Å². The first-order valence-electron chi connectivity index (χ1n) is 3.78. The molecule has 0 aromatic carbocycles. The maximum absolute atomic E-state index is 9.11. The smallest absolute Gasteiger partial charge is 0.129 e. The maximum atomic E-state index is 9.11. The number of rotatable bonds is 3. The van der Waals surface area contributed by atoms with E-state index in [1.807, 2.05) is 0 Å². The van der Waals surface area contributed by atoms with Crippen molar-refractivity contribution in [2.75, 3.05) is 0 Å². The van der Waals surface area contributed by atoms with Gasteiger partial charge in [0.15, 0.2) is 0 Å². The molecule has 4 nitrogen and oxygen atoms in total. The topological polar surface area (TPSA) is 79.6 Å². The lowest BCUT2D eigenvalue weighted by atomic mass is 10.1. The molecule has 1 aromatic heterocycles. The van der Waals surface area contributed by atoms with Crippen LogP contribution in [0, 0.1) is 0 Å². The molecule has 0 aliphatic carbocycles. The number of nitrogens with two attached hydrogens (primary N) is 1. The summed E-state index contributed by atoms with van der Waals surface area (Å²) < 4.78 is 5.12. The SMILES string of the molecule is C[C@H](O)[C@@H](N)c1ccc(CO)o1. The van der Waals surface area contributed by atoms with Crippen LogP contribution < -0.4 is 5.73 Å². The Bertz CT molecular complexity index is 244. The summed E-state index contributed by atoms with van der Waals surface area (Å²) in [5.41, 5.74) is 5.58. The lowest BCUT2D eigenvalue weighted by Gasteiger charge is -2.10. The average Bonchev–Trinajstić information content (AvgIpc) is 2.50. The molecule has 4 N–H and O–H groups in total. The van der Waals surface area contributed by atoms with Gasteiger partial charge in [-0.15, -0.1) is 0 Å². The molecule has 0 saturated heterocycles. The summed E-state index contributed by atoms with van der Waals surface area (Å²) in [4.78, 5) is 0. The number of hydrogen-bond donors (Lipinski definition) is 3. The van der Waals surface area contributed by atoms with E-state index in [0.717, 1.165) is 0 Å². The third-order valence-corrected chi connectivity index (χ3v) is 1.69. The molecule has 2 atom stereocenters. The van der Waals surface area contributed by atoms with E-state index in [2.05, 4.69) is 0 Å². The van der Waals surface area contributed by atoms with Gasteiger partial charge >= 0.3 is 0 Å². The summed E-state index contributed by atoms with van der Waals surface area (Å²) in [5.74, 6) is 0.954. The van der Waals surface area contributed by atoms with E-state index < -0.39 is 12.1 Å². The van der Waals surface area contributed by atoms with Crippen LogP contribution in [-0.4, -0.2) is 16.3 Å². The monoisotopic (exact) mass is 171 g/mol. The van der Waals surface area contributed by atoms with Gasteiger partial charge in [-0.3, -0.25) is 0 Å². The molecular weight excluding hydrogens is 158 g/mol. The minimum Gasteiger partial charge on any atom is -0.462 e. The lowest BCUT2D eigenvalue weighted by molar-refractivity contribution is 0.150. The van der Waals surface area contributed by atoms with Crippen molar-refractivity contribution in [3.8, 4) is 0 Å². The molecule has 0 spiro atoms. The Balaban J connectivity index is 2.74. The predicted molar refractivity (Wildman–Crippen MR) is 43.2 cm³/mol. The second kappa shape index (κ2) is 3.71. The van der Waals surface area contributed by atoms with E-state index in [-0.39, 0.29) is 6.61 Å². The fraction of sp³-hybridized carbons (Fsp3) is 0.500. The molecule has 68 valence electrons. The molecule has 1 rings (SSSR count). The molecule has 0 fully saturated rings. The van der Waals surface area contributed by atoms with Gasteiger partial charge in [0, 0.05) is 0 Å². The van der Waals surface area contributed by atoms with E-state index in [9.17, 15) is 0 Å². The normalized spacial score (nSPS) is 16.0. The van der Waals surface area contributed by atoms with Crippen LogP contribution in [0.1, 0.15) is 24.5 Å². The number of aliphatic hydroxyl groups excluding tert-OH is 2. The van der Waals surface area contributed by atoms with Crippen molar-refractivity contribution < 1.29 is 14.6 Å². The number of hydrogen-bond acceptors (Lipinski definition) is 4. The fourth-order valence-electron chi connectivity index (χ4n) is 0.896. The molecule has 0 saturated carbocycles. The molecule has 12 heavy (non-hydrogen) atoms. The summed E-state index contributed by atoms with van der Waals surface area (Å²) in [6.07, 6.45) is -0.650. The lowest BCUT2D eigenvalue weighted by Crippen LogP contribution is -2.22. The molecule has 0 aliphatic heterocycles. The minimum atomic E-state index is -0.650. The third-order valence-electron chi connectivity index (χ3n) is 1.69. The average molecular weight is 171 g/mol. The standard InChI is InChI=1S/C8H13NO3/c1-5(11)8(9)7-3-2-6(4-10)12-7/h2-3,5,8,10-11H,4,9H2,1H3/t5-,8+/m0/s1. The largest absolute Gasteiger partial charge is 0.462 e.